The number of nitrogens with zero attached hydrogens (tertiary/aromatic N) is 7. The van der Waals surface area contributed by atoms with Gasteiger partial charge in [-0.1, -0.05) is 11.6 Å². The van der Waals surface area contributed by atoms with Gasteiger partial charge in [-0.2, -0.15) is 0 Å². The molecular formula is C21H19ClFN7O3. The Morgan fingerprint density at radius 1 is 1.15 bits per heavy atom. The third-order valence-electron chi connectivity index (χ3n) is 5.49. The highest BCUT2D eigenvalue weighted by Crippen LogP contribution is 2.31. The summed E-state index contributed by atoms with van der Waals surface area (Å²) in [7, 11) is 1.61. The van der Waals surface area contributed by atoms with E-state index in [0.717, 1.165) is 0 Å². The molecule has 5 rings (SSSR count). The second-order valence-electron chi connectivity index (χ2n) is 7.68. The highest BCUT2D eigenvalue weighted by molar-refractivity contribution is 6.30. The van der Waals surface area contributed by atoms with Crippen LogP contribution in [0.1, 0.15) is 23.7 Å². The monoisotopic (exact) mass is 471 g/mol. The minimum absolute atomic E-state index is 0.0918. The van der Waals surface area contributed by atoms with Gasteiger partial charge in [0, 0.05) is 31.1 Å². The number of morpholine rings is 1. The molecule has 1 saturated heterocycles. The summed E-state index contributed by atoms with van der Waals surface area (Å²) in [6.07, 6.45) is -0.492. The van der Waals surface area contributed by atoms with Gasteiger partial charge in [-0.3, -0.25) is 9.36 Å². The number of aryl methyl sites for hydroxylation is 2. The summed E-state index contributed by atoms with van der Waals surface area (Å²) >= 11 is 5.94. The number of fused-ring (bicyclic) bond motifs is 1. The van der Waals surface area contributed by atoms with Gasteiger partial charge < -0.3 is 14.1 Å². The fourth-order valence-corrected chi connectivity index (χ4v) is 3.83. The van der Waals surface area contributed by atoms with E-state index >= 15 is 0 Å². The summed E-state index contributed by atoms with van der Waals surface area (Å²) in [4.78, 5) is 28.5. The van der Waals surface area contributed by atoms with Crippen LogP contribution in [0.15, 0.2) is 27.4 Å². The summed E-state index contributed by atoms with van der Waals surface area (Å²) in [6, 6.07) is 4.27. The number of benzene rings is 1. The lowest BCUT2D eigenvalue weighted by molar-refractivity contribution is 0.0212. The Kier molecular flexibility index (Phi) is 5.29. The Labute approximate surface area is 192 Å². The fourth-order valence-electron chi connectivity index (χ4n) is 3.67. The fraction of sp³-hybridized carbons (Fsp3) is 0.333. The molecule has 1 atom stereocenters. The molecule has 0 bridgehead atoms. The molecule has 4 heterocycles. The van der Waals surface area contributed by atoms with Crippen molar-refractivity contribution in [3.63, 3.8) is 0 Å². The quantitative estimate of drug-likeness (QED) is 0.445. The average molecular weight is 472 g/mol. The summed E-state index contributed by atoms with van der Waals surface area (Å²) in [6.45, 7) is 4.51. The molecule has 0 radical (unpaired) electrons. The predicted molar refractivity (Wildman–Crippen MR) is 118 cm³/mol. The number of anilines is 1. The van der Waals surface area contributed by atoms with Crippen LogP contribution in [-0.2, 0) is 11.8 Å². The van der Waals surface area contributed by atoms with Crippen LogP contribution in [0.4, 0.5) is 10.3 Å². The smallest absolute Gasteiger partial charge is 0.279 e. The largest absolute Gasteiger partial charge is 0.423 e. The molecule has 0 unspecified atom stereocenters. The van der Waals surface area contributed by atoms with Crippen molar-refractivity contribution in [2.75, 3.05) is 24.6 Å². The van der Waals surface area contributed by atoms with Crippen molar-refractivity contribution in [2.45, 2.75) is 20.0 Å². The molecule has 1 aromatic carbocycles. The Bertz CT molecular complexity index is 1440. The average Bonchev–Trinajstić information content (AvgIpc) is 3.24. The van der Waals surface area contributed by atoms with Crippen LogP contribution < -0.4 is 10.5 Å². The van der Waals surface area contributed by atoms with Gasteiger partial charge in [-0.15, -0.1) is 10.2 Å². The maximum absolute atomic E-state index is 14.9. The van der Waals surface area contributed by atoms with Crippen LogP contribution >= 0.6 is 11.6 Å². The number of halogens is 2. The van der Waals surface area contributed by atoms with E-state index < -0.39 is 11.9 Å². The topological polar surface area (TPSA) is 112 Å². The number of hydrogen-bond donors (Lipinski definition) is 0. The molecule has 0 aliphatic carbocycles. The van der Waals surface area contributed by atoms with E-state index in [2.05, 4.69) is 25.1 Å². The molecule has 12 heteroatoms. The first-order valence-electron chi connectivity index (χ1n) is 10.2. The normalized spacial score (nSPS) is 16.5. The molecule has 170 valence electrons. The van der Waals surface area contributed by atoms with Gasteiger partial charge in [0.25, 0.3) is 5.56 Å². The molecule has 1 aliphatic heterocycles. The molecule has 0 amide bonds. The van der Waals surface area contributed by atoms with E-state index in [0.29, 0.717) is 37.3 Å². The third-order valence-corrected chi connectivity index (χ3v) is 5.73. The maximum atomic E-state index is 14.9. The van der Waals surface area contributed by atoms with Gasteiger partial charge in [0.05, 0.1) is 13.2 Å². The van der Waals surface area contributed by atoms with Gasteiger partial charge in [-0.05, 0) is 25.1 Å². The Balaban J connectivity index is 1.67. The van der Waals surface area contributed by atoms with Crippen molar-refractivity contribution in [3.05, 3.63) is 57.0 Å². The minimum atomic E-state index is -0.574. The third kappa shape index (κ3) is 3.83. The highest BCUT2D eigenvalue weighted by atomic mass is 35.5. The van der Waals surface area contributed by atoms with Gasteiger partial charge in [0.2, 0.25) is 17.7 Å². The Morgan fingerprint density at radius 3 is 2.70 bits per heavy atom. The second-order valence-corrected chi connectivity index (χ2v) is 8.12. The Hall–Kier alpha value is -3.44. The van der Waals surface area contributed by atoms with Crippen molar-refractivity contribution in [1.29, 1.82) is 0 Å². The van der Waals surface area contributed by atoms with E-state index in [1.165, 1.54) is 16.7 Å². The van der Waals surface area contributed by atoms with E-state index in [1.54, 1.807) is 27.0 Å². The lowest BCUT2D eigenvalue weighted by Gasteiger charge is -2.31. The molecule has 0 N–H and O–H groups in total. The molecule has 1 fully saturated rings. The van der Waals surface area contributed by atoms with E-state index in [4.69, 9.17) is 20.8 Å². The molecular weight excluding hydrogens is 453 g/mol. The molecule has 0 saturated carbocycles. The van der Waals surface area contributed by atoms with Crippen LogP contribution in [-0.4, -0.2) is 49.4 Å². The van der Waals surface area contributed by atoms with Crippen LogP contribution in [0, 0.1) is 19.7 Å². The standard InChI is InChI=1S/C21H19ClFN7O3/c1-10-24-17-16(13-5-4-12(22)8-14(13)23)25-21(26-18(17)20(31)29(10)3)30-6-7-32-15(9-30)19-28-27-11(2)33-19/h4-5,8,15H,6-7,9H2,1-3H3/t15-/m0/s1. The summed E-state index contributed by atoms with van der Waals surface area (Å²) in [5, 5.41) is 8.13. The predicted octanol–water partition coefficient (Wildman–Crippen LogP) is 2.76. The van der Waals surface area contributed by atoms with Crippen LogP contribution in [0.5, 0.6) is 0 Å². The highest BCUT2D eigenvalue weighted by Gasteiger charge is 2.29. The number of ether oxygens (including phenoxy) is 1. The van der Waals surface area contributed by atoms with Crippen molar-refractivity contribution in [2.24, 2.45) is 7.05 Å². The Morgan fingerprint density at radius 2 is 1.97 bits per heavy atom. The summed E-state index contributed by atoms with van der Waals surface area (Å²) in [5.74, 6) is 0.903. The van der Waals surface area contributed by atoms with Crippen molar-refractivity contribution < 1.29 is 13.5 Å². The summed E-state index contributed by atoms with van der Waals surface area (Å²) in [5.41, 5.74) is 0.341. The van der Waals surface area contributed by atoms with Gasteiger partial charge >= 0.3 is 0 Å². The SMILES string of the molecule is Cc1nnc([C@@H]2CN(c3nc(-c4ccc(Cl)cc4F)c4nc(C)n(C)c(=O)c4n3)CCO2)o1. The van der Waals surface area contributed by atoms with Crippen molar-refractivity contribution in [3.8, 4) is 11.3 Å². The van der Waals surface area contributed by atoms with E-state index in [1.807, 2.05) is 4.90 Å². The number of rotatable bonds is 3. The van der Waals surface area contributed by atoms with Crippen LogP contribution in [0.25, 0.3) is 22.3 Å². The van der Waals surface area contributed by atoms with Crippen LogP contribution in [0.3, 0.4) is 0 Å². The van der Waals surface area contributed by atoms with E-state index in [-0.39, 0.29) is 38.8 Å². The molecule has 33 heavy (non-hydrogen) atoms. The first-order valence-corrected chi connectivity index (χ1v) is 10.6. The zero-order valence-electron chi connectivity index (χ0n) is 18.0. The zero-order chi connectivity index (χ0) is 23.3. The number of hydrogen-bond acceptors (Lipinski definition) is 9. The minimum Gasteiger partial charge on any atom is -0.423 e. The van der Waals surface area contributed by atoms with E-state index in [9.17, 15) is 9.18 Å². The first-order chi connectivity index (χ1) is 15.8. The lowest BCUT2D eigenvalue weighted by atomic mass is 10.1. The van der Waals surface area contributed by atoms with Crippen LogP contribution in [0.2, 0.25) is 5.02 Å². The molecule has 4 aromatic rings. The zero-order valence-corrected chi connectivity index (χ0v) is 18.8. The molecule has 10 nitrogen and oxygen atoms in total. The van der Waals surface area contributed by atoms with Gasteiger partial charge in [-0.25, -0.2) is 19.3 Å². The molecule has 0 spiro atoms. The number of aromatic nitrogens is 6. The lowest BCUT2D eigenvalue weighted by Crippen LogP contribution is -2.39. The molecule has 3 aromatic heterocycles. The second kappa shape index (κ2) is 8.16. The van der Waals surface area contributed by atoms with Gasteiger partial charge in [0.1, 0.15) is 22.9 Å². The molecule has 1 aliphatic rings. The van der Waals surface area contributed by atoms with Crippen molar-refractivity contribution >= 4 is 28.6 Å². The first kappa shape index (κ1) is 21.4. The van der Waals surface area contributed by atoms with Gasteiger partial charge in [0.15, 0.2) is 11.6 Å². The maximum Gasteiger partial charge on any atom is 0.279 e. The summed E-state index contributed by atoms with van der Waals surface area (Å²) < 4.78 is 27.6. The van der Waals surface area contributed by atoms with Crippen molar-refractivity contribution in [1.82, 2.24) is 29.7 Å².